The first-order valence-corrected chi connectivity index (χ1v) is 8.78. The van der Waals surface area contributed by atoms with Crippen LogP contribution in [-0.4, -0.2) is 36.3 Å². The first kappa shape index (κ1) is 18.4. The van der Waals surface area contributed by atoms with E-state index < -0.39 is 11.2 Å². The van der Waals surface area contributed by atoms with Crippen LogP contribution >= 0.6 is 15.9 Å². The molecule has 0 amide bonds. The zero-order valence-corrected chi connectivity index (χ0v) is 15.6. The van der Waals surface area contributed by atoms with Gasteiger partial charge in [-0.25, -0.2) is 4.79 Å². The van der Waals surface area contributed by atoms with Crippen LogP contribution < -0.4 is 5.32 Å². The highest BCUT2D eigenvalue weighted by Crippen LogP contribution is 2.39. The maximum atomic E-state index is 12.1. The van der Waals surface area contributed by atoms with Gasteiger partial charge in [-0.15, -0.1) is 0 Å². The van der Waals surface area contributed by atoms with Gasteiger partial charge in [0.1, 0.15) is 12.2 Å². The van der Waals surface area contributed by atoms with Crippen molar-refractivity contribution in [3.05, 3.63) is 28.5 Å². The quantitative estimate of drug-likeness (QED) is 0.807. The highest BCUT2D eigenvalue weighted by molar-refractivity contribution is 9.10. The molecule has 1 N–H and O–H groups in total. The van der Waals surface area contributed by atoms with Crippen molar-refractivity contribution < 1.29 is 14.3 Å². The van der Waals surface area contributed by atoms with Gasteiger partial charge in [0.05, 0.1) is 5.60 Å². The van der Waals surface area contributed by atoms with Gasteiger partial charge in [0, 0.05) is 22.4 Å². The molecule has 23 heavy (non-hydrogen) atoms. The lowest BCUT2D eigenvalue weighted by molar-refractivity contribution is -0.169. The average molecular weight is 385 g/mol. The third-order valence-corrected chi connectivity index (χ3v) is 4.42. The number of rotatable bonds is 4. The molecular formula is C17H25BrN2O3. The minimum absolute atomic E-state index is 0.0496. The van der Waals surface area contributed by atoms with Crippen molar-refractivity contribution in [3.63, 3.8) is 0 Å². The van der Waals surface area contributed by atoms with Crippen LogP contribution in [0.4, 0.5) is 0 Å². The number of aromatic nitrogens is 1. The standard InChI is InChI=1S/C17H25BrN2O3/c1-16(2,3)23-15(21)12-22-17(6-4-8-19-10-7-17)13-5-9-20-11-14(13)18/h5,9,11,19H,4,6-8,10,12H2,1-3H3. The molecule has 0 radical (unpaired) electrons. The summed E-state index contributed by atoms with van der Waals surface area (Å²) >= 11 is 3.57. The van der Waals surface area contributed by atoms with Crippen LogP contribution in [0, 0.1) is 0 Å². The first-order valence-electron chi connectivity index (χ1n) is 7.99. The Hall–Kier alpha value is -0.980. The zero-order valence-electron chi connectivity index (χ0n) is 14.0. The summed E-state index contributed by atoms with van der Waals surface area (Å²) in [6, 6.07) is 1.96. The van der Waals surface area contributed by atoms with Crippen molar-refractivity contribution in [3.8, 4) is 0 Å². The van der Waals surface area contributed by atoms with Gasteiger partial charge in [-0.3, -0.25) is 4.98 Å². The molecule has 1 aliphatic heterocycles. The van der Waals surface area contributed by atoms with E-state index in [2.05, 4.69) is 26.2 Å². The van der Waals surface area contributed by atoms with Crippen molar-refractivity contribution in [1.82, 2.24) is 10.3 Å². The van der Waals surface area contributed by atoms with E-state index in [9.17, 15) is 4.79 Å². The van der Waals surface area contributed by atoms with Crippen molar-refractivity contribution >= 4 is 21.9 Å². The second-order valence-electron chi connectivity index (χ2n) is 6.83. The van der Waals surface area contributed by atoms with Crippen molar-refractivity contribution in [1.29, 1.82) is 0 Å². The van der Waals surface area contributed by atoms with Crippen LogP contribution in [0.25, 0.3) is 0 Å². The van der Waals surface area contributed by atoms with Gasteiger partial charge in [0.15, 0.2) is 0 Å². The normalized spacial score (nSPS) is 22.4. The van der Waals surface area contributed by atoms with Crippen LogP contribution in [-0.2, 0) is 19.9 Å². The monoisotopic (exact) mass is 384 g/mol. The van der Waals surface area contributed by atoms with E-state index in [1.807, 2.05) is 26.8 Å². The lowest BCUT2D eigenvalue weighted by Gasteiger charge is -2.34. The number of carbonyl (C=O) groups excluding carboxylic acids is 1. The van der Waals surface area contributed by atoms with Gasteiger partial charge in [-0.05, 0) is 75.1 Å². The fourth-order valence-electron chi connectivity index (χ4n) is 2.84. The van der Waals surface area contributed by atoms with E-state index in [-0.39, 0.29) is 12.6 Å². The number of hydrogen-bond acceptors (Lipinski definition) is 5. The lowest BCUT2D eigenvalue weighted by atomic mass is 9.87. The molecule has 1 fully saturated rings. The van der Waals surface area contributed by atoms with Gasteiger partial charge in [-0.2, -0.15) is 0 Å². The first-order chi connectivity index (χ1) is 10.8. The van der Waals surface area contributed by atoms with Crippen LogP contribution in [0.15, 0.2) is 22.9 Å². The van der Waals surface area contributed by atoms with Crippen molar-refractivity contribution in [2.24, 2.45) is 0 Å². The predicted octanol–water partition coefficient (Wildman–Crippen LogP) is 3.17. The molecule has 0 aromatic carbocycles. The summed E-state index contributed by atoms with van der Waals surface area (Å²) in [6.45, 7) is 7.33. The fourth-order valence-corrected chi connectivity index (χ4v) is 3.46. The molecule has 6 heteroatoms. The number of nitrogens with one attached hydrogen (secondary N) is 1. The summed E-state index contributed by atoms with van der Waals surface area (Å²) in [5.74, 6) is -0.334. The Morgan fingerprint density at radius 2 is 2.17 bits per heavy atom. The van der Waals surface area contributed by atoms with E-state index in [0.29, 0.717) is 0 Å². The molecule has 1 aromatic heterocycles. The predicted molar refractivity (Wildman–Crippen MR) is 92.1 cm³/mol. The third kappa shape index (κ3) is 5.26. The highest BCUT2D eigenvalue weighted by Gasteiger charge is 2.36. The second kappa shape index (κ2) is 7.73. The molecular weight excluding hydrogens is 360 g/mol. The van der Waals surface area contributed by atoms with E-state index in [1.54, 1.807) is 12.4 Å². The Bertz CT molecular complexity index is 535. The number of carbonyl (C=O) groups is 1. The van der Waals surface area contributed by atoms with Gasteiger partial charge < -0.3 is 14.8 Å². The molecule has 1 atom stereocenters. The summed E-state index contributed by atoms with van der Waals surface area (Å²) in [6.07, 6.45) is 6.18. The van der Waals surface area contributed by atoms with E-state index in [4.69, 9.17) is 9.47 Å². The Balaban J connectivity index is 2.18. The van der Waals surface area contributed by atoms with Gasteiger partial charge >= 0.3 is 5.97 Å². The van der Waals surface area contributed by atoms with Crippen LogP contribution in [0.5, 0.6) is 0 Å². The lowest BCUT2D eigenvalue weighted by Crippen LogP contribution is -2.35. The van der Waals surface area contributed by atoms with Crippen molar-refractivity contribution in [2.45, 2.75) is 51.2 Å². The van der Waals surface area contributed by atoms with Crippen LogP contribution in [0.2, 0.25) is 0 Å². The Kier molecular flexibility index (Phi) is 6.17. The Labute approximate surface area is 146 Å². The van der Waals surface area contributed by atoms with Crippen LogP contribution in [0.3, 0.4) is 0 Å². The Morgan fingerprint density at radius 1 is 1.39 bits per heavy atom. The molecule has 0 saturated carbocycles. The molecule has 1 aromatic rings. The van der Waals surface area contributed by atoms with Gasteiger partial charge in [0.25, 0.3) is 0 Å². The largest absolute Gasteiger partial charge is 0.458 e. The third-order valence-electron chi connectivity index (χ3n) is 3.79. The Morgan fingerprint density at radius 3 is 2.87 bits per heavy atom. The molecule has 0 aliphatic carbocycles. The minimum Gasteiger partial charge on any atom is -0.458 e. The summed E-state index contributed by atoms with van der Waals surface area (Å²) in [5.41, 5.74) is 0.0395. The topological polar surface area (TPSA) is 60.5 Å². The number of pyridine rings is 1. The molecule has 2 heterocycles. The highest BCUT2D eigenvalue weighted by atomic mass is 79.9. The number of ether oxygens (including phenoxy) is 2. The molecule has 0 bridgehead atoms. The molecule has 5 nitrogen and oxygen atoms in total. The number of hydrogen-bond donors (Lipinski definition) is 1. The molecule has 0 spiro atoms. The molecule has 1 saturated heterocycles. The molecule has 1 unspecified atom stereocenters. The summed E-state index contributed by atoms with van der Waals surface area (Å²) in [4.78, 5) is 16.2. The van der Waals surface area contributed by atoms with E-state index >= 15 is 0 Å². The van der Waals surface area contributed by atoms with E-state index in [1.165, 1.54) is 0 Å². The fraction of sp³-hybridized carbons (Fsp3) is 0.647. The van der Waals surface area contributed by atoms with E-state index in [0.717, 1.165) is 42.4 Å². The second-order valence-corrected chi connectivity index (χ2v) is 7.68. The number of esters is 1. The van der Waals surface area contributed by atoms with Crippen LogP contribution in [0.1, 0.15) is 45.6 Å². The summed E-state index contributed by atoms with van der Waals surface area (Å²) in [5, 5.41) is 3.39. The van der Waals surface area contributed by atoms with Crippen molar-refractivity contribution in [2.75, 3.05) is 19.7 Å². The van der Waals surface area contributed by atoms with Gasteiger partial charge in [-0.1, -0.05) is 0 Å². The molecule has 1 aliphatic rings. The maximum absolute atomic E-state index is 12.1. The minimum atomic E-state index is -0.504. The summed E-state index contributed by atoms with van der Waals surface area (Å²) < 4.78 is 12.4. The molecule has 2 rings (SSSR count). The maximum Gasteiger partial charge on any atom is 0.332 e. The number of nitrogens with zero attached hydrogens (tertiary/aromatic N) is 1. The smallest absolute Gasteiger partial charge is 0.332 e. The average Bonchev–Trinajstić information content (AvgIpc) is 2.70. The molecule has 128 valence electrons. The number of halogens is 1. The zero-order chi connectivity index (χ0) is 16.9. The summed E-state index contributed by atoms with van der Waals surface area (Å²) in [7, 11) is 0. The SMILES string of the molecule is CC(C)(C)OC(=O)COC1(c2ccncc2Br)CCCNCC1. The van der Waals surface area contributed by atoms with Gasteiger partial charge in [0.2, 0.25) is 0 Å².